The van der Waals surface area contributed by atoms with Gasteiger partial charge in [0.05, 0.1) is 0 Å². The fourth-order valence-corrected chi connectivity index (χ4v) is 2.20. The lowest BCUT2D eigenvalue weighted by Crippen LogP contribution is -2.36. The molecule has 0 bridgehead atoms. The fraction of sp³-hybridized carbons (Fsp3) is 0.929. The van der Waals surface area contributed by atoms with Crippen molar-refractivity contribution in [2.75, 3.05) is 0 Å². The number of nitrogens with zero attached hydrogens (tertiary/aromatic N) is 2. The Labute approximate surface area is 110 Å². The van der Waals surface area contributed by atoms with Gasteiger partial charge in [-0.15, -0.1) is 0 Å². The van der Waals surface area contributed by atoms with Crippen LogP contribution in [-0.2, 0) is 4.79 Å². The van der Waals surface area contributed by atoms with E-state index in [0.29, 0.717) is 12.8 Å². The van der Waals surface area contributed by atoms with Gasteiger partial charge in [-0.25, -0.2) is 0 Å². The standard InChI is InChI=1S/C14H26N2O2/c1-12(2,3)10-8-14(7,15-16(10)18)9-11(17)13(4,5)6/h10H,8-9H2,1-7H3. The van der Waals surface area contributed by atoms with Crippen molar-refractivity contribution in [3.63, 3.8) is 0 Å². The van der Waals surface area contributed by atoms with E-state index < -0.39 is 5.54 Å². The number of rotatable bonds is 2. The monoisotopic (exact) mass is 254 g/mol. The van der Waals surface area contributed by atoms with Gasteiger partial charge in [-0.3, -0.25) is 4.79 Å². The summed E-state index contributed by atoms with van der Waals surface area (Å²) in [5.74, 6) is 0.164. The van der Waals surface area contributed by atoms with E-state index in [1.54, 1.807) is 0 Å². The molecule has 4 nitrogen and oxygen atoms in total. The van der Waals surface area contributed by atoms with Crippen LogP contribution in [0.15, 0.2) is 5.11 Å². The van der Waals surface area contributed by atoms with Gasteiger partial charge in [-0.1, -0.05) is 46.4 Å². The lowest BCUT2D eigenvalue weighted by molar-refractivity contribution is -0.569. The third-order valence-corrected chi connectivity index (χ3v) is 3.62. The molecule has 0 N–H and O–H groups in total. The molecule has 1 rings (SSSR count). The quantitative estimate of drug-likeness (QED) is 0.559. The summed E-state index contributed by atoms with van der Waals surface area (Å²) in [7, 11) is 0. The van der Waals surface area contributed by atoms with Gasteiger partial charge in [-0.2, -0.15) is 0 Å². The normalized spacial score (nSPS) is 29.3. The minimum Gasteiger partial charge on any atom is -0.600 e. The predicted molar refractivity (Wildman–Crippen MR) is 71.4 cm³/mol. The molecule has 0 aromatic rings. The maximum absolute atomic E-state index is 12.1. The Hall–Kier alpha value is -0.930. The van der Waals surface area contributed by atoms with Crippen molar-refractivity contribution in [2.24, 2.45) is 15.9 Å². The SMILES string of the molecule is CC1(CC(=O)C(C)(C)C)CC(C(C)(C)C)[N+]([O-])=N1. The van der Waals surface area contributed by atoms with Crippen LogP contribution in [0.2, 0.25) is 0 Å². The Morgan fingerprint density at radius 1 is 1.33 bits per heavy atom. The van der Waals surface area contributed by atoms with Gasteiger partial charge in [0.1, 0.15) is 11.3 Å². The zero-order valence-electron chi connectivity index (χ0n) is 12.7. The molecule has 18 heavy (non-hydrogen) atoms. The highest BCUT2D eigenvalue weighted by molar-refractivity contribution is 5.84. The van der Waals surface area contributed by atoms with Crippen molar-refractivity contribution in [2.45, 2.75) is 72.9 Å². The lowest BCUT2D eigenvalue weighted by Gasteiger charge is -2.25. The summed E-state index contributed by atoms with van der Waals surface area (Å²) < 4.78 is 0. The van der Waals surface area contributed by atoms with Crippen molar-refractivity contribution >= 4 is 5.78 Å². The van der Waals surface area contributed by atoms with Crippen LogP contribution >= 0.6 is 0 Å². The summed E-state index contributed by atoms with van der Waals surface area (Å²) >= 11 is 0. The first-order chi connectivity index (χ1) is 7.85. The van der Waals surface area contributed by atoms with E-state index in [4.69, 9.17) is 0 Å². The third kappa shape index (κ3) is 3.30. The average molecular weight is 254 g/mol. The van der Waals surface area contributed by atoms with Crippen molar-refractivity contribution in [1.29, 1.82) is 0 Å². The van der Waals surface area contributed by atoms with E-state index in [2.05, 4.69) is 5.11 Å². The molecule has 1 heterocycles. The number of hydroxylamine groups is 1. The zero-order chi connectivity index (χ0) is 14.4. The Balaban J connectivity index is 2.84. The van der Waals surface area contributed by atoms with Crippen LogP contribution in [0.5, 0.6) is 0 Å². The van der Waals surface area contributed by atoms with Crippen LogP contribution in [0.25, 0.3) is 0 Å². The summed E-state index contributed by atoms with van der Waals surface area (Å²) in [6.07, 6.45) is 1.00. The highest BCUT2D eigenvalue weighted by Gasteiger charge is 2.49. The maximum atomic E-state index is 12.1. The van der Waals surface area contributed by atoms with E-state index in [1.807, 2.05) is 48.5 Å². The van der Waals surface area contributed by atoms with Crippen LogP contribution in [0.1, 0.15) is 61.3 Å². The second-order valence-corrected chi connectivity index (χ2v) is 7.84. The maximum Gasteiger partial charge on any atom is 0.197 e. The van der Waals surface area contributed by atoms with E-state index in [9.17, 15) is 10.0 Å². The van der Waals surface area contributed by atoms with Gasteiger partial charge < -0.3 is 5.21 Å². The molecule has 0 aromatic heterocycles. The third-order valence-electron chi connectivity index (χ3n) is 3.62. The second-order valence-electron chi connectivity index (χ2n) is 7.84. The first-order valence-electron chi connectivity index (χ1n) is 6.58. The molecule has 2 unspecified atom stereocenters. The predicted octanol–water partition coefficient (Wildman–Crippen LogP) is 3.53. The first-order valence-corrected chi connectivity index (χ1v) is 6.58. The van der Waals surface area contributed by atoms with Crippen LogP contribution in [-0.4, -0.2) is 22.2 Å². The highest BCUT2D eigenvalue weighted by Crippen LogP contribution is 2.39. The van der Waals surface area contributed by atoms with Gasteiger partial charge in [-0.05, 0) is 12.0 Å². The van der Waals surface area contributed by atoms with Gasteiger partial charge in [0.25, 0.3) is 0 Å². The summed E-state index contributed by atoms with van der Waals surface area (Å²) in [5.41, 5.74) is -1.02. The number of carbonyl (C=O) groups excluding carboxylic acids is 1. The molecule has 0 aromatic carbocycles. The topological polar surface area (TPSA) is 55.5 Å². The fourth-order valence-electron chi connectivity index (χ4n) is 2.20. The molecule has 4 heteroatoms. The van der Waals surface area contributed by atoms with E-state index in [1.165, 1.54) is 0 Å². The number of ketones is 1. The Morgan fingerprint density at radius 3 is 2.17 bits per heavy atom. The van der Waals surface area contributed by atoms with E-state index in [-0.39, 0.29) is 22.7 Å². The highest BCUT2D eigenvalue weighted by atomic mass is 16.5. The van der Waals surface area contributed by atoms with Gasteiger partial charge in [0.2, 0.25) is 0 Å². The van der Waals surface area contributed by atoms with Crippen LogP contribution < -0.4 is 0 Å². The molecule has 0 amide bonds. The summed E-state index contributed by atoms with van der Waals surface area (Å²) in [4.78, 5) is 12.9. The van der Waals surface area contributed by atoms with Gasteiger partial charge in [0.15, 0.2) is 6.04 Å². The van der Waals surface area contributed by atoms with Crippen molar-refractivity contribution < 1.29 is 9.66 Å². The molecule has 0 fully saturated rings. The minimum absolute atomic E-state index is 0.117. The lowest BCUT2D eigenvalue weighted by atomic mass is 9.76. The Kier molecular flexibility index (Phi) is 3.63. The molecular formula is C14H26N2O2. The molecule has 2 atom stereocenters. The molecule has 0 saturated carbocycles. The second kappa shape index (κ2) is 4.32. The number of azo groups is 1. The molecule has 0 radical (unpaired) electrons. The average Bonchev–Trinajstić information content (AvgIpc) is 2.39. The molecule has 1 aliphatic rings. The minimum atomic E-state index is -0.538. The smallest absolute Gasteiger partial charge is 0.197 e. The van der Waals surface area contributed by atoms with Crippen LogP contribution in [0.4, 0.5) is 0 Å². The summed E-state index contributed by atoms with van der Waals surface area (Å²) in [5, 5.41) is 16.1. The zero-order valence-corrected chi connectivity index (χ0v) is 12.7. The number of hydrogen-bond donors (Lipinski definition) is 0. The first kappa shape index (κ1) is 15.1. The number of carbonyl (C=O) groups is 1. The van der Waals surface area contributed by atoms with Crippen LogP contribution in [0.3, 0.4) is 0 Å². The largest absolute Gasteiger partial charge is 0.600 e. The number of Topliss-reactive ketones (excluding diaryl/α,β-unsaturated/α-hetero) is 1. The van der Waals surface area contributed by atoms with Crippen molar-refractivity contribution in [3.05, 3.63) is 5.21 Å². The van der Waals surface area contributed by atoms with Gasteiger partial charge >= 0.3 is 0 Å². The van der Waals surface area contributed by atoms with E-state index >= 15 is 0 Å². The van der Waals surface area contributed by atoms with E-state index in [0.717, 1.165) is 4.86 Å². The summed E-state index contributed by atoms with van der Waals surface area (Å²) in [6, 6.07) is -0.143. The molecule has 0 spiro atoms. The molecule has 0 saturated heterocycles. The van der Waals surface area contributed by atoms with Gasteiger partial charge in [0, 0.05) is 23.7 Å². The molecule has 0 aliphatic carbocycles. The Bertz CT molecular complexity index is 374. The van der Waals surface area contributed by atoms with Crippen LogP contribution in [0, 0.1) is 16.0 Å². The molecular weight excluding hydrogens is 228 g/mol. The summed E-state index contributed by atoms with van der Waals surface area (Å²) in [6.45, 7) is 13.7. The molecule has 104 valence electrons. The Morgan fingerprint density at radius 2 is 1.83 bits per heavy atom. The van der Waals surface area contributed by atoms with Crippen molar-refractivity contribution in [3.8, 4) is 0 Å². The number of hydrogen-bond acceptors (Lipinski definition) is 3. The van der Waals surface area contributed by atoms with Crippen molar-refractivity contribution in [1.82, 2.24) is 0 Å². The molecule has 1 aliphatic heterocycles.